The maximum absolute atomic E-state index is 12.2. The Bertz CT molecular complexity index is 625. The first-order valence-electron chi connectivity index (χ1n) is 10.2. The summed E-state index contributed by atoms with van der Waals surface area (Å²) >= 11 is 3.98. The number of benzene rings is 1. The lowest BCUT2D eigenvalue weighted by molar-refractivity contribution is -0.131. The minimum atomic E-state index is -0.189. The number of hydrogen-bond acceptors (Lipinski definition) is 5. The molecule has 2 amide bonds. The van der Waals surface area contributed by atoms with Crippen molar-refractivity contribution < 1.29 is 14.3 Å². The monoisotopic (exact) mass is 422 g/mol. The predicted molar refractivity (Wildman–Crippen MR) is 117 cm³/mol. The molecule has 2 aliphatic rings. The van der Waals surface area contributed by atoms with Crippen molar-refractivity contribution in [1.29, 1.82) is 0 Å². The van der Waals surface area contributed by atoms with Crippen molar-refractivity contribution in [2.75, 3.05) is 37.7 Å². The fraction of sp³-hybridized carbons (Fsp3) is 0.619. The van der Waals surface area contributed by atoms with E-state index in [0.717, 1.165) is 25.9 Å². The molecular formula is C21H30N2O3S2. The number of nitrogens with one attached hydrogen (secondary N) is 1. The minimum absolute atomic E-state index is 0.0236. The zero-order chi connectivity index (χ0) is 19.6. The van der Waals surface area contributed by atoms with Gasteiger partial charge in [-0.2, -0.15) is 0 Å². The van der Waals surface area contributed by atoms with Crippen LogP contribution in [-0.2, 0) is 9.59 Å². The van der Waals surface area contributed by atoms with Crippen LogP contribution in [0.25, 0.3) is 0 Å². The number of likely N-dealkylation sites (tertiary alicyclic amines) is 1. The largest absolute Gasteiger partial charge is 0.484 e. The quantitative estimate of drug-likeness (QED) is 0.723. The number of carbonyl (C=O) groups is 2. The molecule has 1 N–H and O–H groups in total. The molecule has 0 spiro atoms. The van der Waals surface area contributed by atoms with Crippen LogP contribution in [0.1, 0.15) is 48.7 Å². The Kier molecular flexibility index (Phi) is 8.86. The molecule has 2 aliphatic heterocycles. The first kappa shape index (κ1) is 21.4. The van der Waals surface area contributed by atoms with Crippen LogP contribution in [0.3, 0.4) is 0 Å². The van der Waals surface area contributed by atoms with Gasteiger partial charge in [-0.3, -0.25) is 9.59 Å². The summed E-state index contributed by atoms with van der Waals surface area (Å²) in [5.74, 6) is 3.08. The first-order chi connectivity index (χ1) is 13.7. The van der Waals surface area contributed by atoms with E-state index < -0.39 is 0 Å². The number of ether oxygens (including phenoxy) is 1. The Balaban J connectivity index is 1.33. The molecule has 1 aromatic carbocycles. The number of hydrogen-bond donors (Lipinski definition) is 1. The Hall–Kier alpha value is -1.34. The van der Waals surface area contributed by atoms with Gasteiger partial charge in [0, 0.05) is 26.1 Å². The molecule has 0 saturated carbocycles. The van der Waals surface area contributed by atoms with Crippen LogP contribution >= 0.6 is 23.5 Å². The Morgan fingerprint density at radius 2 is 1.68 bits per heavy atom. The van der Waals surface area contributed by atoms with E-state index in [9.17, 15) is 9.59 Å². The fourth-order valence-electron chi connectivity index (χ4n) is 3.39. The molecule has 0 radical (unpaired) electrons. The highest BCUT2D eigenvalue weighted by atomic mass is 32.2. The molecule has 0 aromatic heterocycles. The molecule has 154 valence electrons. The van der Waals surface area contributed by atoms with Crippen molar-refractivity contribution in [2.24, 2.45) is 0 Å². The van der Waals surface area contributed by atoms with E-state index in [4.69, 9.17) is 4.74 Å². The van der Waals surface area contributed by atoms with Gasteiger partial charge in [0.2, 0.25) is 5.91 Å². The summed E-state index contributed by atoms with van der Waals surface area (Å²) in [5.41, 5.74) is 1.30. The van der Waals surface area contributed by atoms with E-state index in [1.807, 2.05) is 40.6 Å². The van der Waals surface area contributed by atoms with Gasteiger partial charge >= 0.3 is 0 Å². The number of nitrogens with zero attached hydrogens (tertiary/aromatic N) is 1. The maximum Gasteiger partial charge on any atom is 0.257 e. The minimum Gasteiger partial charge on any atom is -0.484 e. The zero-order valence-corrected chi connectivity index (χ0v) is 18.0. The van der Waals surface area contributed by atoms with E-state index in [2.05, 4.69) is 17.4 Å². The van der Waals surface area contributed by atoms with E-state index >= 15 is 0 Å². The van der Waals surface area contributed by atoms with E-state index in [0.29, 0.717) is 23.3 Å². The van der Waals surface area contributed by atoms with Crippen LogP contribution in [0.2, 0.25) is 0 Å². The van der Waals surface area contributed by atoms with E-state index in [1.165, 1.54) is 36.3 Å². The lowest BCUT2D eigenvalue weighted by Crippen LogP contribution is -2.36. The summed E-state index contributed by atoms with van der Waals surface area (Å²) in [4.78, 5) is 26.1. The number of thioether (sulfide) groups is 2. The fourth-order valence-corrected chi connectivity index (χ4v) is 6.28. The van der Waals surface area contributed by atoms with Crippen molar-refractivity contribution in [2.45, 2.75) is 43.1 Å². The molecule has 0 atom stereocenters. The molecule has 2 heterocycles. The number of amides is 2. The van der Waals surface area contributed by atoms with Crippen molar-refractivity contribution in [1.82, 2.24) is 10.2 Å². The number of carbonyl (C=O) groups excluding carboxylic acids is 2. The molecule has 0 unspecified atom stereocenters. The Morgan fingerprint density at radius 3 is 2.36 bits per heavy atom. The van der Waals surface area contributed by atoms with E-state index in [-0.39, 0.29) is 18.4 Å². The number of rotatable bonds is 7. The highest BCUT2D eigenvalue weighted by molar-refractivity contribution is 8.16. The molecule has 2 saturated heterocycles. The van der Waals surface area contributed by atoms with Crippen LogP contribution in [0.15, 0.2) is 24.3 Å². The molecule has 3 rings (SSSR count). The topological polar surface area (TPSA) is 58.6 Å². The summed E-state index contributed by atoms with van der Waals surface area (Å²) in [6.45, 7) is 2.05. The predicted octanol–water partition coefficient (Wildman–Crippen LogP) is 3.84. The Labute approximate surface area is 176 Å². The second kappa shape index (κ2) is 11.6. The third kappa shape index (κ3) is 6.92. The molecule has 28 heavy (non-hydrogen) atoms. The van der Waals surface area contributed by atoms with Gasteiger partial charge in [-0.25, -0.2) is 0 Å². The average molecular weight is 423 g/mol. The summed E-state index contributed by atoms with van der Waals surface area (Å²) in [6, 6.07) is 8.04. The summed E-state index contributed by atoms with van der Waals surface area (Å²) in [6.07, 6.45) is 6.23. The van der Waals surface area contributed by atoms with Gasteiger partial charge in [-0.1, -0.05) is 25.0 Å². The van der Waals surface area contributed by atoms with Crippen molar-refractivity contribution in [3.63, 3.8) is 0 Å². The van der Waals surface area contributed by atoms with Gasteiger partial charge in [0.25, 0.3) is 5.91 Å². The second-order valence-corrected chi connectivity index (χ2v) is 9.90. The highest BCUT2D eigenvalue weighted by Gasteiger charge is 2.17. The van der Waals surface area contributed by atoms with Crippen LogP contribution in [-0.4, -0.2) is 54.5 Å². The first-order valence-corrected chi connectivity index (χ1v) is 12.3. The van der Waals surface area contributed by atoms with Crippen LogP contribution in [0, 0.1) is 0 Å². The van der Waals surface area contributed by atoms with E-state index in [1.54, 1.807) is 0 Å². The lowest BCUT2D eigenvalue weighted by atomic mass is 10.2. The zero-order valence-electron chi connectivity index (χ0n) is 16.4. The third-order valence-electron chi connectivity index (χ3n) is 4.97. The van der Waals surface area contributed by atoms with Crippen molar-refractivity contribution >= 4 is 35.3 Å². The normalized spacial score (nSPS) is 18.4. The summed E-state index contributed by atoms with van der Waals surface area (Å²) in [5, 5.41) is 2.78. The van der Waals surface area contributed by atoms with Crippen LogP contribution < -0.4 is 10.1 Å². The van der Waals surface area contributed by atoms with Gasteiger partial charge in [-0.15, -0.1) is 23.5 Å². The van der Waals surface area contributed by atoms with Crippen molar-refractivity contribution in [3.8, 4) is 5.75 Å². The highest BCUT2D eigenvalue weighted by Crippen LogP contribution is 2.43. The van der Waals surface area contributed by atoms with Crippen LogP contribution in [0.5, 0.6) is 5.75 Å². The van der Waals surface area contributed by atoms with Gasteiger partial charge in [-0.05, 0) is 48.5 Å². The van der Waals surface area contributed by atoms with Crippen LogP contribution in [0.4, 0.5) is 0 Å². The molecule has 7 heteroatoms. The standard InChI is InChI=1S/C21H30N2O3S2/c24-19(22-11-10-20(25)23-12-3-1-2-4-13-23)16-26-18-8-6-17(7-9-18)21-27-14-5-15-28-21/h6-9,21H,1-5,10-16H2,(H,22,24). The van der Waals surface area contributed by atoms with Gasteiger partial charge in [0.05, 0.1) is 4.58 Å². The Morgan fingerprint density at radius 1 is 1.00 bits per heavy atom. The average Bonchev–Trinajstić information content (AvgIpc) is 3.03. The molecule has 1 aromatic rings. The lowest BCUT2D eigenvalue weighted by Gasteiger charge is -2.21. The maximum atomic E-state index is 12.2. The molecule has 0 aliphatic carbocycles. The molecular weight excluding hydrogens is 392 g/mol. The molecule has 2 fully saturated rings. The third-order valence-corrected chi connectivity index (χ3v) is 7.98. The van der Waals surface area contributed by atoms with Crippen molar-refractivity contribution in [3.05, 3.63) is 29.8 Å². The second-order valence-electron chi connectivity index (χ2n) is 7.18. The summed E-state index contributed by atoms with van der Waals surface area (Å²) in [7, 11) is 0. The van der Waals surface area contributed by atoms with Gasteiger partial charge < -0.3 is 15.0 Å². The summed E-state index contributed by atoms with van der Waals surface area (Å²) < 4.78 is 6.09. The van der Waals surface area contributed by atoms with Gasteiger partial charge in [0.1, 0.15) is 5.75 Å². The van der Waals surface area contributed by atoms with Gasteiger partial charge in [0.15, 0.2) is 6.61 Å². The SMILES string of the molecule is O=C(COc1ccc(C2SCCCS2)cc1)NCCC(=O)N1CCCCCC1. The molecule has 0 bridgehead atoms. The molecule has 5 nitrogen and oxygen atoms in total. The smallest absolute Gasteiger partial charge is 0.257 e.